The van der Waals surface area contributed by atoms with E-state index in [4.69, 9.17) is 4.74 Å². The monoisotopic (exact) mass is 292 g/mol. The van der Waals surface area contributed by atoms with E-state index < -0.39 is 0 Å². The molecule has 0 aliphatic carbocycles. The summed E-state index contributed by atoms with van der Waals surface area (Å²) < 4.78 is 8.58. The summed E-state index contributed by atoms with van der Waals surface area (Å²) in [7, 11) is 0. The van der Waals surface area contributed by atoms with Gasteiger partial charge < -0.3 is 9.30 Å². The van der Waals surface area contributed by atoms with E-state index in [-0.39, 0.29) is 0 Å². The van der Waals surface area contributed by atoms with Gasteiger partial charge in [-0.1, -0.05) is 15.9 Å². The van der Waals surface area contributed by atoms with Crippen LogP contribution in [0.5, 0.6) is 5.75 Å². The summed E-state index contributed by atoms with van der Waals surface area (Å²) in [5, 5.41) is 0. The molecule has 1 aromatic heterocycles. The number of aromatic nitrogens is 2. The molecule has 17 heavy (non-hydrogen) atoms. The largest absolute Gasteiger partial charge is 0.491 e. The highest BCUT2D eigenvalue weighted by molar-refractivity contribution is 9.10. The first-order chi connectivity index (χ1) is 8.28. The Labute approximate surface area is 106 Å². The van der Waals surface area contributed by atoms with Crippen molar-refractivity contribution < 1.29 is 9.53 Å². The van der Waals surface area contributed by atoms with Gasteiger partial charge in [0.25, 0.3) is 0 Å². The molecule has 0 radical (unpaired) electrons. The summed E-state index contributed by atoms with van der Waals surface area (Å²) in [6.07, 6.45) is 2.52. The van der Waals surface area contributed by atoms with E-state index in [1.807, 2.05) is 22.8 Å². The van der Waals surface area contributed by atoms with Crippen LogP contribution >= 0.6 is 15.9 Å². The Hall–Kier alpha value is -1.62. The molecule has 2 heterocycles. The second-order valence-corrected chi connectivity index (χ2v) is 4.71. The number of hydrogen-bond acceptors (Lipinski definition) is 3. The third kappa shape index (κ3) is 1.76. The first kappa shape index (κ1) is 10.5. The van der Waals surface area contributed by atoms with Crippen molar-refractivity contribution in [1.82, 2.24) is 9.55 Å². The Kier molecular flexibility index (Phi) is 2.48. The van der Waals surface area contributed by atoms with Gasteiger partial charge in [-0.3, -0.25) is 4.79 Å². The zero-order valence-electron chi connectivity index (χ0n) is 8.89. The molecule has 5 heteroatoms. The van der Waals surface area contributed by atoms with Gasteiger partial charge in [-0.2, -0.15) is 0 Å². The Balaban J connectivity index is 2.22. The van der Waals surface area contributed by atoms with Gasteiger partial charge in [0, 0.05) is 10.7 Å². The quantitative estimate of drug-likeness (QED) is 0.759. The zero-order chi connectivity index (χ0) is 11.8. The lowest BCUT2D eigenvalue weighted by Crippen LogP contribution is -2.04. The maximum atomic E-state index is 10.8. The number of ether oxygens (including phenoxy) is 1. The second kappa shape index (κ2) is 4.00. The zero-order valence-corrected chi connectivity index (χ0v) is 10.5. The Morgan fingerprint density at radius 1 is 1.47 bits per heavy atom. The third-order valence-electron chi connectivity index (χ3n) is 2.69. The smallest absolute Gasteiger partial charge is 0.170 e. The SMILES string of the molecule is O=Cc1cn2c(n1)-c1ccc(Br)cc1OCC2. The Bertz CT molecular complexity index is 592. The number of aldehydes is 1. The molecule has 0 N–H and O–H groups in total. The van der Waals surface area contributed by atoms with E-state index >= 15 is 0 Å². The van der Waals surface area contributed by atoms with Crippen molar-refractivity contribution in [3.05, 3.63) is 34.6 Å². The normalized spacial score (nSPS) is 13.2. The molecule has 0 saturated heterocycles. The summed E-state index contributed by atoms with van der Waals surface area (Å²) in [5.41, 5.74) is 1.37. The number of benzene rings is 1. The van der Waals surface area contributed by atoms with E-state index in [0.29, 0.717) is 18.8 Å². The van der Waals surface area contributed by atoms with Crippen LogP contribution < -0.4 is 4.74 Å². The number of fused-ring (bicyclic) bond motifs is 3. The fourth-order valence-corrected chi connectivity index (χ4v) is 2.27. The molecule has 0 saturated carbocycles. The highest BCUT2D eigenvalue weighted by Crippen LogP contribution is 2.33. The molecule has 0 amide bonds. The molecule has 0 unspecified atom stereocenters. The maximum Gasteiger partial charge on any atom is 0.170 e. The average Bonchev–Trinajstić information content (AvgIpc) is 2.66. The number of nitrogens with zero attached hydrogens (tertiary/aromatic N) is 2. The molecule has 86 valence electrons. The predicted octanol–water partition coefficient (Wildman–Crippen LogP) is 2.52. The minimum absolute atomic E-state index is 0.454. The highest BCUT2D eigenvalue weighted by Gasteiger charge is 2.18. The van der Waals surface area contributed by atoms with E-state index in [2.05, 4.69) is 20.9 Å². The van der Waals surface area contributed by atoms with Crippen molar-refractivity contribution in [1.29, 1.82) is 0 Å². The minimum Gasteiger partial charge on any atom is -0.491 e. The number of halogens is 1. The van der Waals surface area contributed by atoms with Crippen LogP contribution in [0.15, 0.2) is 28.9 Å². The summed E-state index contributed by atoms with van der Waals surface area (Å²) in [6.45, 7) is 1.27. The number of carbonyl (C=O) groups excluding carboxylic acids is 1. The molecule has 4 nitrogen and oxygen atoms in total. The predicted molar refractivity (Wildman–Crippen MR) is 66.2 cm³/mol. The van der Waals surface area contributed by atoms with Crippen LogP contribution in [-0.4, -0.2) is 22.4 Å². The van der Waals surface area contributed by atoms with Gasteiger partial charge >= 0.3 is 0 Å². The number of hydrogen-bond donors (Lipinski definition) is 0. The molecule has 1 aliphatic rings. The lowest BCUT2D eigenvalue weighted by Gasteiger charge is -2.05. The van der Waals surface area contributed by atoms with Gasteiger partial charge in [-0.25, -0.2) is 4.98 Å². The fraction of sp³-hybridized carbons (Fsp3) is 0.167. The number of carbonyl (C=O) groups is 1. The highest BCUT2D eigenvalue weighted by atomic mass is 79.9. The lowest BCUT2D eigenvalue weighted by molar-refractivity contribution is 0.111. The van der Waals surface area contributed by atoms with E-state index in [1.54, 1.807) is 6.20 Å². The number of rotatable bonds is 1. The first-order valence-electron chi connectivity index (χ1n) is 5.23. The topological polar surface area (TPSA) is 44.1 Å². The van der Waals surface area contributed by atoms with Crippen molar-refractivity contribution in [3.63, 3.8) is 0 Å². The molecular weight excluding hydrogens is 284 g/mol. The van der Waals surface area contributed by atoms with Crippen molar-refractivity contribution in [2.75, 3.05) is 6.61 Å². The average molecular weight is 293 g/mol. The molecule has 1 aliphatic heterocycles. The Morgan fingerprint density at radius 3 is 3.18 bits per heavy atom. The molecule has 0 spiro atoms. The van der Waals surface area contributed by atoms with Gasteiger partial charge in [0.15, 0.2) is 6.29 Å². The van der Waals surface area contributed by atoms with Gasteiger partial charge in [-0.15, -0.1) is 0 Å². The first-order valence-corrected chi connectivity index (χ1v) is 6.02. The van der Waals surface area contributed by atoms with E-state index in [1.165, 1.54) is 0 Å². The van der Waals surface area contributed by atoms with Gasteiger partial charge in [0.1, 0.15) is 23.9 Å². The molecule has 1 aromatic carbocycles. The van der Waals surface area contributed by atoms with Crippen LogP contribution in [-0.2, 0) is 6.54 Å². The molecule has 2 aromatic rings. The molecule has 0 bridgehead atoms. The van der Waals surface area contributed by atoms with Crippen LogP contribution in [0.1, 0.15) is 10.5 Å². The van der Waals surface area contributed by atoms with Crippen LogP contribution in [0, 0.1) is 0 Å². The second-order valence-electron chi connectivity index (χ2n) is 3.79. The van der Waals surface area contributed by atoms with Crippen molar-refractivity contribution in [2.24, 2.45) is 0 Å². The van der Waals surface area contributed by atoms with Crippen molar-refractivity contribution in [2.45, 2.75) is 6.54 Å². The van der Waals surface area contributed by atoms with Crippen molar-refractivity contribution >= 4 is 22.2 Å². The molecular formula is C12H9BrN2O2. The summed E-state index contributed by atoms with van der Waals surface area (Å²) in [6, 6.07) is 5.80. The summed E-state index contributed by atoms with van der Waals surface area (Å²) in [5.74, 6) is 1.58. The van der Waals surface area contributed by atoms with Gasteiger partial charge in [0.2, 0.25) is 0 Å². The van der Waals surface area contributed by atoms with E-state index in [9.17, 15) is 4.79 Å². The van der Waals surface area contributed by atoms with Gasteiger partial charge in [-0.05, 0) is 18.2 Å². The van der Waals surface area contributed by atoms with Crippen LogP contribution in [0.2, 0.25) is 0 Å². The maximum absolute atomic E-state index is 10.8. The fourth-order valence-electron chi connectivity index (χ4n) is 1.93. The third-order valence-corrected chi connectivity index (χ3v) is 3.18. The van der Waals surface area contributed by atoms with Crippen LogP contribution in [0.3, 0.4) is 0 Å². The summed E-state index contributed by atoms with van der Waals surface area (Å²) in [4.78, 5) is 15.1. The lowest BCUT2D eigenvalue weighted by atomic mass is 10.2. The molecule has 0 fully saturated rings. The standard InChI is InChI=1S/C12H9BrN2O2/c13-8-1-2-10-11(5-8)17-4-3-15-6-9(7-16)14-12(10)15/h1-2,5-7H,3-4H2. The molecule has 3 rings (SSSR count). The van der Waals surface area contributed by atoms with Crippen LogP contribution in [0.4, 0.5) is 0 Å². The summed E-state index contributed by atoms with van der Waals surface area (Å²) >= 11 is 3.41. The Morgan fingerprint density at radius 2 is 2.35 bits per heavy atom. The minimum atomic E-state index is 0.454. The molecule has 0 atom stereocenters. The number of imidazole rings is 1. The van der Waals surface area contributed by atoms with Gasteiger partial charge in [0.05, 0.1) is 12.1 Å². The van der Waals surface area contributed by atoms with Crippen molar-refractivity contribution in [3.8, 4) is 17.1 Å². The van der Waals surface area contributed by atoms with Crippen LogP contribution in [0.25, 0.3) is 11.4 Å². The van der Waals surface area contributed by atoms with E-state index in [0.717, 1.165) is 27.9 Å².